The SMILES string of the molecule is Cl.NC1(O)C=CC=C(c2ccccc2)C1. The molecule has 3 N–H and O–H groups in total. The lowest BCUT2D eigenvalue weighted by Crippen LogP contribution is -2.38. The molecular formula is C12H14ClNO. The molecule has 1 atom stereocenters. The molecule has 80 valence electrons. The Morgan fingerprint density at radius 1 is 1.20 bits per heavy atom. The smallest absolute Gasteiger partial charge is 0.137 e. The average Bonchev–Trinajstić information content (AvgIpc) is 2.18. The molecule has 15 heavy (non-hydrogen) atoms. The number of hydrogen-bond acceptors (Lipinski definition) is 2. The van der Waals surface area contributed by atoms with Gasteiger partial charge in [0.05, 0.1) is 0 Å². The minimum Gasteiger partial charge on any atom is -0.372 e. The third-order valence-corrected chi connectivity index (χ3v) is 2.30. The quantitative estimate of drug-likeness (QED) is 0.717. The molecule has 1 aromatic rings. The number of aliphatic hydroxyl groups is 1. The number of halogens is 1. The second-order valence-electron chi connectivity index (χ2n) is 3.59. The van der Waals surface area contributed by atoms with E-state index >= 15 is 0 Å². The van der Waals surface area contributed by atoms with Gasteiger partial charge < -0.3 is 10.8 Å². The van der Waals surface area contributed by atoms with Gasteiger partial charge in [0.1, 0.15) is 5.72 Å². The predicted octanol–water partition coefficient (Wildman–Crippen LogP) is 2.10. The molecule has 1 unspecified atom stereocenters. The fourth-order valence-electron chi connectivity index (χ4n) is 1.60. The summed E-state index contributed by atoms with van der Waals surface area (Å²) in [4.78, 5) is 0. The van der Waals surface area contributed by atoms with Crippen LogP contribution in [0.3, 0.4) is 0 Å². The number of rotatable bonds is 1. The molecule has 0 aromatic heterocycles. The van der Waals surface area contributed by atoms with E-state index in [2.05, 4.69) is 0 Å². The molecule has 3 heteroatoms. The lowest BCUT2D eigenvalue weighted by molar-refractivity contribution is 0.103. The van der Waals surface area contributed by atoms with Crippen molar-refractivity contribution in [1.82, 2.24) is 0 Å². The van der Waals surface area contributed by atoms with E-state index in [0.29, 0.717) is 6.42 Å². The molecule has 1 aromatic carbocycles. The van der Waals surface area contributed by atoms with E-state index in [9.17, 15) is 5.11 Å². The fraction of sp³-hybridized carbons (Fsp3) is 0.167. The van der Waals surface area contributed by atoms with Crippen molar-refractivity contribution in [2.75, 3.05) is 0 Å². The van der Waals surface area contributed by atoms with Crippen molar-refractivity contribution >= 4 is 18.0 Å². The zero-order chi connectivity index (χ0) is 10.0. The van der Waals surface area contributed by atoms with Crippen LogP contribution in [-0.2, 0) is 0 Å². The van der Waals surface area contributed by atoms with Crippen LogP contribution in [0.5, 0.6) is 0 Å². The van der Waals surface area contributed by atoms with E-state index in [1.807, 2.05) is 36.4 Å². The Labute approximate surface area is 95.5 Å². The zero-order valence-electron chi connectivity index (χ0n) is 8.26. The summed E-state index contributed by atoms with van der Waals surface area (Å²) in [5.74, 6) is 0. The first-order chi connectivity index (χ1) is 6.67. The van der Waals surface area contributed by atoms with Crippen LogP contribution >= 0.6 is 12.4 Å². The van der Waals surface area contributed by atoms with Crippen LogP contribution < -0.4 is 5.73 Å². The molecule has 0 aliphatic heterocycles. The van der Waals surface area contributed by atoms with Crippen molar-refractivity contribution < 1.29 is 5.11 Å². The van der Waals surface area contributed by atoms with Gasteiger partial charge in [-0.1, -0.05) is 42.5 Å². The Hall–Kier alpha value is -1.09. The van der Waals surface area contributed by atoms with E-state index in [1.54, 1.807) is 12.2 Å². The third-order valence-electron chi connectivity index (χ3n) is 2.30. The number of hydrogen-bond donors (Lipinski definition) is 2. The van der Waals surface area contributed by atoms with E-state index in [0.717, 1.165) is 11.1 Å². The van der Waals surface area contributed by atoms with Crippen molar-refractivity contribution in [2.24, 2.45) is 5.73 Å². The summed E-state index contributed by atoms with van der Waals surface area (Å²) in [6, 6.07) is 9.95. The largest absolute Gasteiger partial charge is 0.372 e. The zero-order valence-corrected chi connectivity index (χ0v) is 9.08. The molecule has 0 saturated heterocycles. The van der Waals surface area contributed by atoms with E-state index in [1.165, 1.54) is 0 Å². The summed E-state index contributed by atoms with van der Waals surface area (Å²) in [7, 11) is 0. The van der Waals surface area contributed by atoms with Crippen LogP contribution in [0.1, 0.15) is 12.0 Å². The summed E-state index contributed by atoms with van der Waals surface area (Å²) >= 11 is 0. The summed E-state index contributed by atoms with van der Waals surface area (Å²) < 4.78 is 0. The molecule has 0 fully saturated rings. The summed E-state index contributed by atoms with van der Waals surface area (Å²) in [6.45, 7) is 0. The molecule has 2 rings (SSSR count). The Bertz CT molecular complexity index is 382. The van der Waals surface area contributed by atoms with Gasteiger partial charge in [-0.25, -0.2) is 0 Å². The van der Waals surface area contributed by atoms with E-state index < -0.39 is 5.72 Å². The van der Waals surface area contributed by atoms with E-state index in [4.69, 9.17) is 5.73 Å². The van der Waals surface area contributed by atoms with Gasteiger partial charge in [0.2, 0.25) is 0 Å². The maximum atomic E-state index is 9.66. The van der Waals surface area contributed by atoms with Crippen molar-refractivity contribution in [3.63, 3.8) is 0 Å². The van der Waals surface area contributed by atoms with Gasteiger partial charge in [0.25, 0.3) is 0 Å². The lowest BCUT2D eigenvalue weighted by Gasteiger charge is -2.23. The highest BCUT2D eigenvalue weighted by atomic mass is 35.5. The maximum Gasteiger partial charge on any atom is 0.137 e. The second kappa shape index (κ2) is 4.62. The highest BCUT2D eigenvalue weighted by molar-refractivity contribution is 5.85. The molecule has 0 radical (unpaired) electrons. The summed E-state index contributed by atoms with van der Waals surface area (Å²) in [5, 5.41) is 9.66. The van der Waals surface area contributed by atoms with Crippen LogP contribution in [0.4, 0.5) is 0 Å². The van der Waals surface area contributed by atoms with Crippen LogP contribution in [-0.4, -0.2) is 10.8 Å². The van der Waals surface area contributed by atoms with Gasteiger partial charge in [0.15, 0.2) is 0 Å². The molecule has 1 aliphatic rings. The molecule has 0 spiro atoms. The Balaban J connectivity index is 0.00000112. The van der Waals surface area contributed by atoms with Gasteiger partial charge in [0, 0.05) is 6.42 Å². The normalized spacial score (nSPS) is 24.3. The topological polar surface area (TPSA) is 46.2 Å². The first kappa shape index (κ1) is 12.0. The molecular weight excluding hydrogens is 210 g/mol. The van der Waals surface area contributed by atoms with Gasteiger partial charge in [-0.3, -0.25) is 0 Å². The van der Waals surface area contributed by atoms with Crippen molar-refractivity contribution in [1.29, 1.82) is 0 Å². The Kier molecular flexibility index (Phi) is 3.69. The Morgan fingerprint density at radius 2 is 1.87 bits per heavy atom. The minimum atomic E-state index is -1.19. The van der Waals surface area contributed by atoms with Crippen molar-refractivity contribution in [3.05, 3.63) is 54.1 Å². The molecule has 0 heterocycles. The highest BCUT2D eigenvalue weighted by Gasteiger charge is 2.21. The maximum absolute atomic E-state index is 9.66. The van der Waals surface area contributed by atoms with Crippen LogP contribution in [0, 0.1) is 0 Å². The lowest BCUT2D eigenvalue weighted by atomic mass is 9.92. The standard InChI is InChI=1S/C12H13NO.ClH/c13-12(14)8-4-7-11(9-12)10-5-2-1-3-6-10;/h1-8,14H,9,13H2;1H. The second-order valence-corrected chi connectivity index (χ2v) is 3.59. The molecule has 0 bridgehead atoms. The van der Waals surface area contributed by atoms with Gasteiger partial charge in [-0.05, 0) is 17.2 Å². The van der Waals surface area contributed by atoms with Gasteiger partial charge >= 0.3 is 0 Å². The molecule has 0 amide bonds. The van der Waals surface area contributed by atoms with Gasteiger partial charge in [-0.2, -0.15) is 0 Å². The van der Waals surface area contributed by atoms with Crippen molar-refractivity contribution in [3.8, 4) is 0 Å². The highest BCUT2D eigenvalue weighted by Crippen LogP contribution is 2.26. The average molecular weight is 224 g/mol. The third kappa shape index (κ3) is 2.93. The number of benzene rings is 1. The summed E-state index contributed by atoms with van der Waals surface area (Å²) in [5.41, 5.74) is 6.62. The Morgan fingerprint density at radius 3 is 2.47 bits per heavy atom. The molecule has 1 aliphatic carbocycles. The van der Waals surface area contributed by atoms with Gasteiger partial charge in [-0.15, -0.1) is 12.4 Å². The van der Waals surface area contributed by atoms with Crippen LogP contribution in [0.25, 0.3) is 5.57 Å². The fourth-order valence-corrected chi connectivity index (χ4v) is 1.60. The first-order valence-corrected chi connectivity index (χ1v) is 4.62. The number of nitrogens with two attached hydrogens (primary N) is 1. The monoisotopic (exact) mass is 223 g/mol. The van der Waals surface area contributed by atoms with Crippen LogP contribution in [0.15, 0.2) is 48.6 Å². The first-order valence-electron chi connectivity index (χ1n) is 4.62. The van der Waals surface area contributed by atoms with E-state index in [-0.39, 0.29) is 12.4 Å². The predicted molar refractivity (Wildman–Crippen MR) is 64.6 cm³/mol. The minimum absolute atomic E-state index is 0. The van der Waals surface area contributed by atoms with Crippen LogP contribution in [0.2, 0.25) is 0 Å². The van der Waals surface area contributed by atoms with Crippen molar-refractivity contribution in [2.45, 2.75) is 12.1 Å². The number of allylic oxidation sites excluding steroid dienone is 2. The summed E-state index contributed by atoms with van der Waals surface area (Å²) in [6.07, 6.45) is 5.86. The molecule has 2 nitrogen and oxygen atoms in total. The molecule has 0 saturated carbocycles.